The fourth-order valence-corrected chi connectivity index (χ4v) is 1.99. The number of rotatable bonds is 2. The van der Waals surface area contributed by atoms with Gasteiger partial charge in [0.05, 0.1) is 24.6 Å². The molecular weight excluding hydrogens is 258 g/mol. The van der Waals surface area contributed by atoms with Crippen molar-refractivity contribution in [1.82, 2.24) is 15.1 Å². The summed E-state index contributed by atoms with van der Waals surface area (Å²) >= 11 is 5.74. The zero-order valence-corrected chi connectivity index (χ0v) is 10.7. The van der Waals surface area contributed by atoms with Crippen LogP contribution in [0.1, 0.15) is 17.4 Å². The number of alkyl halides is 1. The maximum Gasteiger partial charge on any atom is 0.274 e. The standard InChI is InChI=1S/C11H14ClN3O3/c1-7-6-18-8(4-12)5-15(7)11(17)9-2-3-10(16)14-13-9/h2-3,7-8H,4-6H2,1H3,(H,14,16). The summed E-state index contributed by atoms with van der Waals surface area (Å²) in [5.74, 6) is 0.118. The Morgan fingerprint density at radius 1 is 1.67 bits per heavy atom. The fraction of sp³-hybridized carbons (Fsp3) is 0.545. The third kappa shape index (κ3) is 2.70. The highest BCUT2D eigenvalue weighted by atomic mass is 35.5. The first-order valence-corrected chi connectivity index (χ1v) is 6.19. The van der Waals surface area contributed by atoms with Crippen molar-refractivity contribution < 1.29 is 9.53 Å². The molecule has 0 aromatic carbocycles. The molecule has 18 heavy (non-hydrogen) atoms. The molecule has 1 N–H and O–H groups in total. The van der Waals surface area contributed by atoms with Gasteiger partial charge < -0.3 is 9.64 Å². The topological polar surface area (TPSA) is 75.3 Å². The summed E-state index contributed by atoms with van der Waals surface area (Å²) in [6.45, 7) is 2.78. The lowest BCUT2D eigenvalue weighted by molar-refractivity contribution is -0.0374. The van der Waals surface area contributed by atoms with Gasteiger partial charge in [-0.25, -0.2) is 5.10 Å². The summed E-state index contributed by atoms with van der Waals surface area (Å²) in [5, 5.41) is 5.99. The van der Waals surface area contributed by atoms with Crippen molar-refractivity contribution in [2.45, 2.75) is 19.1 Å². The average Bonchev–Trinajstić information content (AvgIpc) is 2.39. The minimum Gasteiger partial charge on any atom is -0.373 e. The van der Waals surface area contributed by atoms with Gasteiger partial charge in [0.15, 0.2) is 0 Å². The van der Waals surface area contributed by atoms with E-state index in [2.05, 4.69) is 10.2 Å². The van der Waals surface area contributed by atoms with E-state index in [1.165, 1.54) is 12.1 Å². The number of amides is 1. The van der Waals surface area contributed by atoms with Gasteiger partial charge in [-0.1, -0.05) is 0 Å². The number of carbonyl (C=O) groups is 1. The van der Waals surface area contributed by atoms with Gasteiger partial charge in [-0.2, -0.15) is 5.10 Å². The van der Waals surface area contributed by atoms with Crippen molar-refractivity contribution in [3.8, 4) is 0 Å². The van der Waals surface area contributed by atoms with Crippen molar-refractivity contribution in [2.75, 3.05) is 19.0 Å². The summed E-state index contributed by atoms with van der Waals surface area (Å²) < 4.78 is 5.47. The summed E-state index contributed by atoms with van der Waals surface area (Å²) in [6.07, 6.45) is -0.158. The quantitative estimate of drug-likeness (QED) is 0.782. The van der Waals surface area contributed by atoms with E-state index in [9.17, 15) is 9.59 Å². The Morgan fingerprint density at radius 2 is 2.44 bits per heavy atom. The van der Waals surface area contributed by atoms with Crippen LogP contribution >= 0.6 is 11.6 Å². The third-order valence-electron chi connectivity index (χ3n) is 2.84. The number of morpholine rings is 1. The van der Waals surface area contributed by atoms with Crippen LogP contribution in [0.5, 0.6) is 0 Å². The number of aromatic amines is 1. The molecule has 1 aromatic heterocycles. The number of hydrogen-bond donors (Lipinski definition) is 1. The molecule has 0 radical (unpaired) electrons. The molecule has 1 aromatic rings. The van der Waals surface area contributed by atoms with Crippen LogP contribution in [-0.2, 0) is 4.74 Å². The SMILES string of the molecule is CC1COC(CCl)CN1C(=O)c1ccc(=O)[nH]n1. The Hall–Kier alpha value is -1.40. The van der Waals surface area contributed by atoms with Gasteiger partial charge in [0.2, 0.25) is 0 Å². The lowest BCUT2D eigenvalue weighted by atomic mass is 10.2. The molecule has 0 bridgehead atoms. The molecular formula is C11H14ClN3O3. The van der Waals surface area contributed by atoms with Gasteiger partial charge in [0, 0.05) is 12.6 Å². The number of nitrogens with zero attached hydrogens (tertiary/aromatic N) is 2. The first-order valence-electron chi connectivity index (χ1n) is 5.66. The second-order valence-electron chi connectivity index (χ2n) is 4.22. The lowest BCUT2D eigenvalue weighted by Crippen LogP contribution is -2.51. The zero-order chi connectivity index (χ0) is 13.1. The Bertz CT molecular complexity index is 470. The van der Waals surface area contributed by atoms with E-state index in [0.29, 0.717) is 19.0 Å². The van der Waals surface area contributed by atoms with Crippen LogP contribution in [0.3, 0.4) is 0 Å². The van der Waals surface area contributed by atoms with Crippen molar-refractivity contribution in [1.29, 1.82) is 0 Å². The molecule has 2 heterocycles. The molecule has 0 spiro atoms. The number of ether oxygens (including phenoxy) is 1. The second-order valence-corrected chi connectivity index (χ2v) is 4.53. The van der Waals surface area contributed by atoms with Crippen LogP contribution in [0.4, 0.5) is 0 Å². The normalized spacial score (nSPS) is 24.0. The summed E-state index contributed by atoms with van der Waals surface area (Å²) in [6, 6.07) is 2.66. The van der Waals surface area contributed by atoms with Crippen LogP contribution in [0.25, 0.3) is 0 Å². The molecule has 2 atom stereocenters. The van der Waals surface area contributed by atoms with Gasteiger partial charge in [0.25, 0.3) is 11.5 Å². The molecule has 1 aliphatic rings. The summed E-state index contributed by atoms with van der Waals surface area (Å²) in [4.78, 5) is 24.8. The molecule has 2 rings (SSSR count). The highest BCUT2D eigenvalue weighted by Crippen LogP contribution is 2.15. The van der Waals surface area contributed by atoms with Crippen LogP contribution in [-0.4, -0.2) is 52.2 Å². The second kappa shape index (κ2) is 5.49. The lowest BCUT2D eigenvalue weighted by Gasteiger charge is -2.37. The maximum absolute atomic E-state index is 12.2. The predicted molar refractivity (Wildman–Crippen MR) is 65.8 cm³/mol. The first kappa shape index (κ1) is 13.0. The highest BCUT2D eigenvalue weighted by molar-refractivity contribution is 6.18. The number of nitrogens with one attached hydrogen (secondary N) is 1. The molecule has 7 heteroatoms. The maximum atomic E-state index is 12.2. The van der Waals surface area contributed by atoms with Crippen LogP contribution in [0.15, 0.2) is 16.9 Å². The van der Waals surface area contributed by atoms with Crippen LogP contribution in [0, 0.1) is 0 Å². The average molecular weight is 272 g/mol. The molecule has 6 nitrogen and oxygen atoms in total. The number of carbonyl (C=O) groups excluding carboxylic acids is 1. The first-order chi connectivity index (χ1) is 8.61. The van der Waals surface area contributed by atoms with Gasteiger partial charge >= 0.3 is 0 Å². The van der Waals surface area contributed by atoms with E-state index >= 15 is 0 Å². The molecule has 98 valence electrons. The highest BCUT2D eigenvalue weighted by Gasteiger charge is 2.30. The summed E-state index contributed by atoms with van der Waals surface area (Å²) in [7, 11) is 0. The molecule has 0 aliphatic carbocycles. The van der Waals surface area contributed by atoms with E-state index in [0.717, 1.165) is 0 Å². The van der Waals surface area contributed by atoms with Crippen LogP contribution in [0.2, 0.25) is 0 Å². The van der Waals surface area contributed by atoms with Crippen molar-refractivity contribution in [2.24, 2.45) is 0 Å². The van der Waals surface area contributed by atoms with E-state index in [4.69, 9.17) is 16.3 Å². The fourth-order valence-electron chi connectivity index (χ4n) is 1.80. The van der Waals surface area contributed by atoms with Gasteiger partial charge in [-0.15, -0.1) is 11.6 Å². The zero-order valence-electron chi connectivity index (χ0n) is 9.93. The van der Waals surface area contributed by atoms with E-state index in [1.807, 2.05) is 6.92 Å². The molecule has 1 saturated heterocycles. The smallest absolute Gasteiger partial charge is 0.274 e. The number of H-pyrrole nitrogens is 1. The Kier molecular flexibility index (Phi) is 3.98. The largest absolute Gasteiger partial charge is 0.373 e. The van der Waals surface area contributed by atoms with Gasteiger partial charge in [-0.05, 0) is 13.0 Å². The number of halogens is 1. The number of aromatic nitrogens is 2. The Labute approximate surface area is 109 Å². The predicted octanol–water partition coefficient (Wildman–Crippen LogP) is 0.238. The monoisotopic (exact) mass is 271 g/mol. The van der Waals surface area contributed by atoms with Crippen molar-refractivity contribution in [3.05, 3.63) is 28.2 Å². The molecule has 2 unspecified atom stereocenters. The Morgan fingerprint density at radius 3 is 3.06 bits per heavy atom. The molecule has 1 amide bonds. The minimum atomic E-state index is -0.333. The third-order valence-corrected chi connectivity index (χ3v) is 3.18. The van der Waals surface area contributed by atoms with Crippen molar-refractivity contribution in [3.63, 3.8) is 0 Å². The molecule has 0 saturated carbocycles. The van der Waals surface area contributed by atoms with Crippen LogP contribution < -0.4 is 5.56 Å². The molecule has 1 aliphatic heterocycles. The van der Waals surface area contributed by atoms with E-state index in [1.54, 1.807) is 4.90 Å². The molecule has 1 fully saturated rings. The van der Waals surface area contributed by atoms with Crippen molar-refractivity contribution >= 4 is 17.5 Å². The number of hydrogen-bond acceptors (Lipinski definition) is 4. The Balaban J connectivity index is 2.16. The van der Waals surface area contributed by atoms with Gasteiger partial charge in [0.1, 0.15) is 5.69 Å². The summed E-state index contributed by atoms with van der Waals surface area (Å²) in [5.41, 5.74) is -0.114. The minimum absolute atomic E-state index is 0.0364. The van der Waals surface area contributed by atoms with E-state index < -0.39 is 0 Å². The van der Waals surface area contributed by atoms with Gasteiger partial charge in [-0.3, -0.25) is 9.59 Å². The van der Waals surface area contributed by atoms with E-state index in [-0.39, 0.29) is 29.3 Å².